The molecule has 0 saturated carbocycles. The number of hydrogen-bond donors (Lipinski definition) is 2. The van der Waals surface area contributed by atoms with Crippen molar-refractivity contribution in [1.29, 1.82) is 0 Å². The standard InChI is InChI=1S/C17H28N2O3/c1-6-7-14(19-16(20)22-17(2,3)4)12-18-13-8-10-15(21-5)11-9-13/h8-11,14,18H,6-7,12H2,1-5H3,(H,19,20)/t14-/m0/s1. The number of amides is 1. The van der Waals surface area contributed by atoms with Gasteiger partial charge in [-0.2, -0.15) is 0 Å². The Hall–Kier alpha value is -1.91. The minimum Gasteiger partial charge on any atom is -0.497 e. The first kappa shape index (κ1) is 18.1. The Balaban J connectivity index is 2.50. The fraction of sp³-hybridized carbons (Fsp3) is 0.588. The highest BCUT2D eigenvalue weighted by molar-refractivity contribution is 5.68. The van der Waals surface area contributed by atoms with E-state index in [4.69, 9.17) is 9.47 Å². The van der Waals surface area contributed by atoms with Crippen molar-refractivity contribution in [2.75, 3.05) is 19.0 Å². The third kappa shape index (κ3) is 7.20. The van der Waals surface area contributed by atoms with Crippen LogP contribution in [0.25, 0.3) is 0 Å². The number of rotatable bonds is 7. The molecule has 1 amide bonds. The summed E-state index contributed by atoms with van der Waals surface area (Å²) in [5.74, 6) is 0.822. The lowest BCUT2D eigenvalue weighted by molar-refractivity contribution is 0.0504. The lowest BCUT2D eigenvalue weighted by Gasteiger charge is -2.24. The van der Waals surface area contributed by atoms with Crippen LogP contribution in [0.15, 0.2) is 24.3 Å². The van der Waals surface area contributed by atoms with Crippen LogP contribution in [-0.2, 0) is 4.74 Å². The number of carbonyl (C=O) groups is 1. The molecule has 0 saturated heterocycles. The second-order valence-electron chi connectivity index (χ2n) is 6.24. The molecule has 0 bridgehead atoms. The molecule has 2 N–H and O–H groups in total. The first-order valence-electron chi connectivity index (χ1n) is 7.71. The van der Waals surface area contributed by atoms with Gasteiger partial charge in [0.15, 0.2) is 0 Å². The van der Waals surface area contributed by atoms with Gasteiger partial charge in [0.25, 0.3) is 0 Å². The zero-order chi connectivity index (χ0) is 16.6. The molecule has 0 unspecified atom stereocenters. The Kier molecular flexibility index (Phi) is 7.02. The quantitative estimate of drug-likeness (QED) is 0.804. The van der Waals surface area contributed by atoms with E-state index in [1.807, 2.05) is 45.0 Å². The van der Waals surface area contributed by atoms with Gasteiger partial charge in [-0.3, -0.25) is 0 Å². The molecular formula is C17H28N2O3. The highest BCUT2D eigenvalue weighted by Gasteiger charge is 2.19. The summed E-state index contributed by atoms with van der Waals surface area (Å²) in [5.41, 5.74) is 0.512. The first-order valence-corrected chi connectivity index (χ1v) is 7.71. The summed E-state index contributed by atoms with van der Waals surface area (Å²) in [4.78, 5) is 11.9. The molecule has 1 aromatic rings. The van der Waals surface area contributed by atoms with Gasteiger partial charge in [-0.05, 0) is 51.5 Å². The summed E-state index contributed by atoms with van der Waals surface area (Å²) in [6.45, 7) is 8.32. The van der Waals surface area contributed by atoms with E-state index in [-0.39, 0.29) is 12.1 Å². The summed E-state index contributed by atoms with van der Waals surface area (Å²) in [6.07, 6.45) is 1.51. The molecule has 0 fully saturated rings. The fourth-order valence-corrected chi connectivity index (χ4v) is 2.00. The summed E-state index contributed by atoms with van der Waals surface area (Å²) < 4.78 is 10.4. The third-order valence-electron chi connectivity index (χ3n) is 3.00. The van der Waals surface area contributed by atoms with Crippen molar-refractivity contribution >= 4 is 11.8 Å². The average molecular weight is 308 g/mol. The Morgan fingerprint density at radius 1 is 1.23 bits per heavy atom. The maximum Gasteiger partial charge on any atom is 0.407 e. The lowest BCUT2D eigenvalue weighted by atomic mass is 10.1. The van der Waals surface area contributed by atoms with Gasteiger partial charge in [0.05, 0.1) is 7.11 Å². The minimum atomic E-state index is -0.482. The molecule has 0 spiro atoms. The number of carbonyl (C=O) groups excluding carboxylic acids is 1. The molecule has 22 heavy (non-hydrogen) atoms. The highest BCUT2D eigenvalue weighted by atomic mass is 16.6. The number of hydrogen-bond acceptors (Lipinski definition) is 4. The normalized spacial score (nSPS) is 12.4. The predicted octanol–water partition coefficient (Wildman–Crippen LogP) is 3.80. The molecule has 1 rings (SSSR count). The van der Waals surface area contributed by atoms with E-state index in [0.29, 0.717) is 6.54 Å². The van der Waals surface area contributed by atoms with Crippen molar-refractivity contribution in [3.63, 3.8) is 0 Å². The van der Waals surface area contributed by atoms with Crippen molar-refractivity contribution in [1.82, 2.24) is 5.32 Å². The molecule has 0 aliphatic rings. The van der Waals surface area contributed by atoms with E-state index in [0.717, 1.165) is 24.3 Å². The van der Waals surface area contributed by atoms with Gasteiger partial charge in [-0.25, -0.2) is 4.79 Å². The number of nitrogens with one attached hydrogen (secondary N) is 2. The van der Waals surface area contributed by atoms with Crippen LogP contribution in [0.2, 0.25) is 0 Å². The van der Waals surface area contributed by atoms with Crippen LogP contribution >= 0.6 is 0 Å². The molecule has 0 aliphatic heterocycles. The van der Waals surface area contributed by atoms with E-state index in [1.54, 1.807) is 7.11 Å². The van der Waals surface area contributed by atoms with Crippen molar-refractivity contribution in [2.24, 2.45) is 0 Å². The van der Waals surface area contributed by atoms with Crippen LogP contribution in [0, 0.1) is 0 Å². The summed E-state index contributed by atoms with van der Waals surface area (Å²) in [5, 5.41) is 6.24. The highest BCUT2D eigenvalue weighted by Crippen LogP contribution is 2.15. The van der Waals surface area contributed by atoms with Crippen LogP contribution in [0.4, 0.5) is 10.5 Å². The Labute approximate surface area is 133 Å². The van der Waals surface area contributed by atoms with Gasteiger partial charge in [0.1, 0.15) is 11.4 Å². The summed E-state index contributed by atoms with van der Waals surface area (Å²) in [7, 11) is 1.64. The zero-order valence-corrected chi connectivity index (χ0v) is 14.2. The van der Waals surface area contributed by atoms with Crippen molar-refractivity contribution in [2.45, 2.75) is 52.2 Å². The van der Waals surface area contributed by atoms with Crippen molar-refractivity contribution in [3.05, 3.63) is 24.3 Å². The smallest absolute Gasteiger partial charge is 0.407 e. The van der Waals surface area contributed by atoms with E-state index in [2.05, 4.69) is 17.6 Å². The van der Waals surface area contributed by atoms with Gasteiger partial charge >= 0.3 is 6.09 Å². The molecule has 0 aromatic heterocycles. The molecule has 0 heterocycles. The molecule has 5 nitrogen and oxygen atoms in total. The summed E-state index contributed by atoms with van der Waals surface area (Å²) >= 11 is 0. The Morgan fingerprint density at radius 3 is 2.36 bits per heavy atom. The molecule has 5 heteroatoms. The van der Waals surface area contributed by atoms with Gasteiger partial charge in [-0.15, -0.1) is 0 Å². The van der Waals surface area contributed by atoms with Gasteiger partial charge < -0.3 is 20.1 Å². The predicted molar refractivity (Wildman–Crippen MR) is 89.5 cm³/mol. The van der Waals surface area contributed by atoms with Crippen LogP contribution in [-0.4, -0.2) is 31.4 Å². The van der Waals surface area contributed by atoms with E-state index in [9.17, 15) is 4.79 Å². The van der Waals surface area contributed by atoms with E-state index < -0.39 is 5.60 Å². The number of benzene rings is 1. The molecule has 0 radical (unpaired) electrons. The van der Waals surface area contributed by atoms with Crippen LogP contribution < -0.4 is 15.4 Å². The fourth-order valence-electron chi connectivity index (χ4n) is 2.00. The second-order valence-corrected chi connectivity index (χ2v) is 6.24. The molecular weight excluding hydrogens is 280 g/mol. The maximum absolute atomic E-state index is 11.9. The maximum atomic E-state index is 11.9. The second kappa shape index (κ2) is 8.51. The minimum absolute atomic E-state index is 0.0296. The Bertz CT molecular complexity index is 452. The first-order chi connectivity index (χ1) is 10.3. The van der Waals surface area contributed by atoms with Crippen LogP contribution in [0.1, 0.15) is 40.5 Å². The third-order valence-corrected chi connectivity index (χ3v) is 3.00. The summed E-state index contributed by atoms with van der Waals surface area (Å²) in [6, 6.07) is 7.74. The SMILES string of the molecule is CCC[C@@H](CNc1ccc(OC)cc1)NC(=O)OC(C)(C)C. The van der Waals surface area contributed by atoms with Crippen molar-refractivity contribution < 1.29 is 14.3 Å². The monoisotopic (exact) mass is 308 g/mol. The molecule has 0 aliphatic carbocycles. The van der Waals surface area contributed by atoms with Crippen LogP contribution in [0.5, 0.6) is 5.75 Å². The largest absolute Gasteiger partial charge is 0.497 e. The molecule has 1 aromatic carbocycles. The van der Waals surface area contributed by atoms with Gasteiger partial charge in [0.2, 0.25) is 0 Å². The van der Waals surface area contributed by atoms with Crippen molar-refractivity contribution in [3.8, 4) is 5.75 Å². The van der Waals surface area contributed by atoms with E-state index in [1.165, 1.54) is 0 Å². The van der Waals surface area contributed by atoms with Gasteiger partial charge in [0, 0.05) is 18.3 Å². The number of anilines is 1. The Morgan fingerprint density at radius 2 is 1.86 bits per heavy atom. The van der Waals surface area contributed by atoms with E-state index >= 15 is 0 Å². The topological polar surface area (TPSA) is 59.6 Å². The number of methoxy groups -OCH3 is 1. The molecule has 124 valence electrons. The van der Waals surface area contributed by atoms with Gasteiger partial charge in [-0.1, -0.05) is 13.3 Å². The lowest BCUT2D eigenvalue weighted by Crippen LogP contribution is -2.42. The van der Waals surface area contributed by atoms with Crippen LogP contribution in [0.3, 0.4) is 0 Å². The molecule has 1 atom stereocenters. The number of alkyl carbamates (subject to hydrolysis) is 1. The zero-order valence-electron chi connectivity index (χ0n) is 14.2. The average Bonchev–Trinajstić information content (AvgIpc) is 2.43. The number of ether oxygens (including phenoxy) is 2.